The molecule has 0 aromatic heterocycles. The lowest BCUT2D eigenvalue weighted by atomic mass is 9.75. The molecule has 5 nitrogen and oxygen atoms in total. The van der Waals surface area contributed by atoms with Crippen LogP contribution in [0.1, 0.15) is 59.0 Å². The summed E-state index contributed by atoms with van der Waals surface area (Å²) in [6.45, 7) is 4.26. The second-order valence-electron chi connectivity index (χ2n) is 11.6. The first-order valence-electron chi connectivity index (χ1n) is 16.1. The quantitative estimate of drug-likeness (QED) is 0.0780. The number of ether oxygens (including phenoxy) is 1. The van der Waals surface area contributed by atoms with Crippen LogP contribution in [-0.4, -0.2) is 24.5 Å². The van der Waals surface area contributed by atoms with Crippen molar-refractivity contribution in [2.24, 2.45) is 5.92 Å². The van der Waals surface area contributed by atoms with E-state index in [1.807, 2.05) is 84.9 Å². The third-order valence-electron chi connectivity index (χ3n) is 8.48. The summed E-state index contributed by atoms with van der Waals surface area (Å²) in [6.07, 6.45) is -0.0279. The Bertz CT molecular complexity index is 1720. The highest BCUT2D eigenvalue weighted by atomic mass is 79.9. The highest BCUT2D eigenvalue weighted by molar-refractivity contribution is 9.10. The number of hydrogen-bond donors (Lipinski definition) is 2. The fraction of sp³-hybridized carbons (Fsp3) is 0.190. The molecule has 242 valence electrons. The molecule has 6 heteroatoms. The van der Waals surface area contributed by atoms with Crippen LogP contribution in [0, 0.1) is 17.8 Å². The lowest BCUT2D eigenvalue weighted by Gasteiger charge is -2.41. The molecule has 5 aromatic rings. The monoisotopic (exact) mass is 698 g/mol. The van der Waals surface area contributed by atoms with Crippen LogP contribution in [0.4, 0.5) is 0 Å². The molecule has 1 unspecified atom stereocenters. The van der Waals surface area contributed by atoms with E-state index < -0.39 is 23.7 Å². The minimum atomic E-state index is -0.812. The molecule has 0 aliphatic heterocycles. The molecule has 0 saturated carbocycles. The molecule has 0 aliphatic rings. The standard InChI is InChI=1S/C42H39BrN2O3/c1-3-31(2)39(45-42(34-19-10-5-11-20-34,35-21-12-6-13-22-35)36-23-14-7-15-24-36)40(46)44-30-16-25-38(32-26-28-37(43)29-27-32)48-41(47)33-17-8-4-9-18-33/h4-15,17-24,26-29,31,38-39,45H,3,30H2,1-2H3,(H,44,46)/t31-,38?,39-/m0/s1. The second kappa shape index (κ2) is 16.7. The first-order chi connectivity index (χ1) is 23.4. The Morgan fingerprint density at radius 2 is 1.21 bits per heavy atom. The second-order valence-corrected chi connectivity index (χ2v) is 12.5. The van der Waals surface area contributed by atoms with E-state index in [1.165, 1.54) is 0 Å². The Hall–Kier alpha value is -4.96. The Balaban J connectivity index is 1.43. The van der Waals surface area contributed by atoms with Crippen LogP contribution in [0.5, 0.6) is 0 Å². The van der Waals surface area contributed by atoms with Gasteiger partial charge in [-0.25, -0.2) is 4.79 Å². The van der Waals surface area contributed by atoms with Crippen molar-refractivity contribution in [3.8, 4) is 11.8 Å². The SMILES string of the molecule is CC[C@H](C)[C@H](NC(c1ccccc1)(c1ccccc1)c1ccccc1)C(=O)NCC#CC(OC(=O)c1ccccc1)c1ccc(Br)cc1. The molecular weight excluding hydrogens is 660 g/mol. The van der Waals surface area contributed by atoms with Gasteiger partial charge in [-0.3, -0.25) is 10.1 Å². The average molecular weight is 700 g/mol. The zero-order valence-corrected chi connectivity index (χ0v) is 28.7. The summed E-state index contributed by atoms with van der Waals surface area (Å²) in [4.78, 5) is 27.0. The Morgan fingerprint density at radius 1 is 0.729 bits per heavy atom. The van der Waals surface area contributed by atoms with Gasteiger partial charge in [-0.15, -0.1) is 0 Å². The van der Waals surface area contributed by atoms with Crippen molar-refractivity contribution in [1.82, 2.24) is 10.6 Å². The van der Waals surface area contributed by atoms with Crippen LogP contribution in [0.2, 0.25) is 0 Å². The van der Waals surface area contributed by atoms with Gasteiger partial charge in [0.05, 0.1) is 23.7 Å². The summed E-state index contributed by atoms with van der Waals surface area (Å²) in [5.41, 5.74) is 3.46. The fourth-order valence-corrected chi connectivity index (χ4v) is 5.97. The van der Waals surface area contributed by atoms with E-state index in [2.05, 4.69) is 88.7 Å². The fourth-order valence-electron chi connectivity index (χ4n) is 5.70. The zero-order chi connectivity index (χ0) is 33.8. The highest BCUT2D eigenvalue weighted by Gasteiger charge is 2.41. The molecule has 0 heterocycles. The number of esters is 1. The van der Waals surface area contributed by atoms with Crippen molar-refractivity contribution in [3.63, 3.8) is 0 Å². The highest BCUT2D eigenvalue weighted by Crippen LogP contribution is 2.38. The van der Waals surface area contributed by atoms with Crippen molar-refractivity contribution >= 4 is 27.8 Å². The van der Waals surface area contributed by atoms with Crippen molar-refractivity contribution in [1.29, 1.82) is 0 Å². The number of benzene rings is 5. The summed E-state index contributed by atoms with van der Waals surface area (Å²) in [5, 5.41) is 6.91. The normalized spacial score (nSPS) is 12.9. The Kier molecular flexibility index (Phi) is 12.0. The van der Waals surface area contributed by atoms with Gasteiger partial charge in [0.25, 0.3) is 0 Å². The van der Waals surface area contributed by atoms with Crippen LogP contribution >= 0.6 is 15.9 Å². The average Bonchev–Trinajstić information content (AvgIpc) is 3.15. The lowest BCUT2D eigenvalue weighted by Crippen LogP contribution is -2.57. The first kappa shape index (κ1) is 34.4. The Labute approximate surface area is 291 Å². The molecule has 5 aromatic carbocycles. The molecular formula is C42H39BrN2O3. The predicted octanol–water partition coefficient (Wildman–Crippen LogP) is 8.46. The van der Waals surface area contributed by atoms with E-state index in [-0.39, 0.29) is 18.4 Å². The van der Waals surface area contributed by atoms with Crippen LogP contribution < -0.4 is 10.6 Å². The van der Waals surface area contributed by atoms with Crippen LogP contribution in [0.15, 0.2) is 150 Å². The van der Waals surface area contributed by atoms with Gasteiger partial charge in [-0.2, -0.15) is 0 Å². The molecule has 2 N–H and O–H groups in total. The maximum Gasteiger partial charge on any atom is 0.339 e. The van der Waals surface area contributed by atoms with Crippen LogP contribution in [0.3, 0.4) is 0 Å². The molecule has 0 radical (unpaired) electrons. The molecule has 3 atom stereocenters. The summed E-state index contributed by atoms with van der Waals surface area (Å²) in [6, 6.07) is 46.5. The van der Waals surface area contributed by atoms with Gasteiger partial charge in [0.2, 0.25) is 5.91 Å². The number of halogens is 1. The molecule has 0 aliphatic carbocycles. The molecule has 1 amide bonds. The van der Waals surface area contributed by atoms with Crippen molar-refractivity contribution in [2.75, 3.05) is 6.54 Å². The van der Waals surface area contributed by atoms with E-state index in [0.717, 1.165) is 33.1 Å². The van der Waals surface area contributed by atoms with Gasteiger partial charge in [0, 0.05) is 10.0 Å². The Morgan fingerprint density at radius 3 is 1.69 bits per heavy atom. The van der Waals surface area contributed by atoms with E-state index in [9.17, 15) is 9.59 Å². The molecule has 48 heavy (non-hydrogen) atoms. The van der Waals surface area contributed by atoms with Crippen molar-refractivity contribution in [2.45, 2.75) is 38.0 Å². The summed E-state index contributed by atoms with van der Waals surface area (Å²) >= 11 is 3.46. The maximum atomic E-state index is 14.1. The predicted molar refractivity (Wildman–Crippen MR) is 195 cm³/mol. The third-order valence-corrected chi connectivity index (χ3v) is 9.01. The lowest BCUT2D eigenvalue weighted by molar-refractivity contribution is -0.124. The van der Waals surface area contributed by atoms with E-state index in [1.54, 1.807) is 24.3 Å². The largest absolute Gasteiger partial charge is 0.441 e. The summed E-state index contributed by atoms with van der Waals surface area (Å²) < 4.78 is 6.74. The minimum Gasteiger partial charge on any atom is -0.441 e. The van der Waals surface area contributed by atoms with E-state index >= 15 is 0 Å². The molecule has 5 rings (SSSR count). The number of hydrogen-bond acceptors (Lipinski definition) is 4. The van der Waals surface area contributed by atoms with Gasteiger partial charge in [0.15, 0.2) is 6.10 Å². The van der Waals surface area contributed by atoms with Gasteiger partial charge in [-0.1, -0.05) is 169 Å². The summed E-state index contributed by atoms with van der Waals surface area (Å²) in [5.74, 6) is 5.50. The van der Waals surface area contributed by atoms with Crippen LogP contribution in [0.25, 0.3) is 0 Å². The topological polar surface area (TPSA) is 67.4 Å². The van der Waals surface area contributed by atoms with Crippen molar-refractivity contribution < 1.29 is 14.3 Å². The van der Waals surface area contributed by atoms with Gasteiger partial charge < -0.3 is 10.1 Å². The molecule has 0 fully saturated rings. The van der Waals surface area contributed by atoms with Gasteiger partial charge in [0.1, 0.15) is 0 Å². The number of nitrogens with one attached hydrogen (secondary N) is 2. The molecule has 0 saturated heterocycles. The number of carbonyl (C=O) groups is 2. The third kappa shape index (κ3) is 8.30. The van der Waals surface area contributed by atoms with E-state index in [4.69, 9.17) is 4.74 Å². The van der Waals surface area contributed by atoms with E-state index in [0.29, 0.717) is 5.56 Å². The molecule has 0 spiro atoms. The minimum absolute atomic E-state index is 0.00388. The molecule has 0 bridgehead atoms. The summed E-state index contributed by atoms with van der Waals surface area (Å²) in [7, 11) is 0. The number of rotatable bonds is 12. The number of carbonyl (C=O) groups excluding carboxylic acids is 2. The maximum absolute atomic E-state index is 14.1. The number of amides is 1. The zero-order valence-electron chi connectivity index (χ0n) is 27.1. The van der Waals surface area contributed by atoms with Crippen LogP contribution in [-0.2, 0) is 15.1 Å². The first-order valence-corrected chi connectivity index (χ1v) is 16.9. The smallest absolute Gasteiger partial charge is 0.339 e. The van der Waals surface area contributed by atoms with Crippen molar-refractivity contribution in [3.05, 3.63) is 178 Å². The van der Waals surface area contributed by atoms with Gasteiger partial charge >= 0.3 is 5.97 Å². The van der Waals surface area contributed by atoms with Gasteiger partial charge in [-0.05, 0) is 46.9 Å².